The first-order valence-corrected chi connectivity index (χ1v) is 6.60. The third kappa shape index (κ3) is 3.17. The first-order chi connectivity index (χ1) is 9.10. The molecule has 2 aromatic rings. The van der Waals surface area contributed by atoms with Gasteiger partial charge < -0.3 is 14.8 Å². The molecule has 19 heavy (non-hydrogen) atoms. The molecule has 1 heterocycles. The van der Waals surface area contributed by atoms with Gasteiger partial charge in [0.25, 0.3) is 5.91 Å². The fourth-order valence-corrected chi connectivity index (χ4v) is 1.92. The van der Waals surface area contributed by atoms with E-state index in [1.165, 1.54) is 6.07 Å². The number of hydrogen-bond donors (Lipinski definition) is 2. The summed E-state index contributed by atoms with van der Waals surface area (Å²) in [6.07, 6.45) is 2.97. The fraction of sp³-hybridized carbons (Fsp3) is 0.0769. The third-order valence-corrected chi connectivity index (χ3v) is 3.12. The van der Waals surface area contributed by atoms with Gasteiger partial charge in [-0.15, -0.1) is 11.8 Å². The maximum absolute atomic E-state index is 11.8. The molecule has 6 heteroatoms. The molecule has 1 amide bonds. The summed E-state index contributed by atoms with van der Waals surface area (Å²) in [4.78, 5) is 23.5. The number of carboxylic acids is 1. The van der Waals surface area contributed by atoms with Crippen molar-refractivity contribution in [2.45, 2.75) is 4.90 Å². The zero-order valence-corrected chi connectivity index (χ0v) is 10.9. The van der Waals surface area contributed by atoms with Crippen LogP contribution in [-0.2, 0) is 0 Å². The predicted octanol–water partition coefficient (Wildman–Crippen LogP) is 2.95. The van der Waals surface area contributed by atoms with Crippen molar-refractivity contribution in [3.8, 4) is 0 Å². The van der Waals surface area contributed by atoms with Crippen LogP contribution >= 0.6 is 11.8 Å². The summed E-state index contributed by atoms with van der Waals surface area (Å²) < 4.78 is 4.92. The maximum Gasteiger partial charge on any atom is 0.338 e. The molecule has 2 rings (SSSR count). The van der Waals surface area contributed by atoms with Crippen LogP contribution < -0.4 is 5.32 Å². The summed E-state index contributed by atoms with van der Waals surface area (Å²) in [5.74, 6) is -1.65. The highest BCUT2D eigenvalue weighted by Crippen LogP contribution is 2.19. The van der Waals surface area contributed by atoms with E-state index in [1.807, 2.05) is 24.5 Å². The average Bonchev–Trinajstić information content (AvgIpc) is 2.89. The summed E-state index contributed by atoms with van der Waals surface area (Å²) in [5.41, 5.74) is 0.577. The Morgan fingerprint density at radius 1 is 1.32 bits per heavy atom. The van der Waals surface area contributed by atoms with Crippen molar-refractivity contribution in [2.24, 2.45) is 0 Å². The number of anilines is 1. The van der Waals surface area contributed by atoms with Gasteiger partial charge in [0.15, 0.2) is 5.76 Å². The van der Waals surface area contributed by atoms with Crippen LogP contribution in [-0.4, -0.2) is 23.2 Å². The molecule has 1 aromatic heterocycles. The van der Waals surface area contributed by atoms with E-state index in [0.29, 0.717) is 5.69 Å². The molecule has 0 fully saturated rings. The second-order valence-electron chi connectivity index (χ2n) is 3.69. The molecule has 0 radical (unpaired) electrons. The molecular formula is C13H11NO4S. The number of rotatable bonds is 4. The highest BCUT2D eigenvalue weighted by atomic mass is 32.2. The minimum Gasteiger partial charge on any atom is -0.478 e. The minimum atomic E-state index is -1.13. The summed E-state index contributed by atoms with van der Waals surface area (Å²) >= 11 is 1.56. The Kier molecular flexibility index (Phi) is 3.91. The van der Waals surface area contributed by atoms with Crippen LogP contribution in [0.1, 0.15) is 20.9 Å². The molecule has 0 unspecified atom stereocenters. The summed E-state index contributed by atoms with van der Waals surface area (Å²) in [6, 6.07) is 8.51. The highest BCUT2D eigenvalue weighted by Gasteiger charge is 2.14. The average molecular weight is 277 g/mol. The number of amides is 1. The third-order valence-electron chi connectivity index (χ3n) is 2.40. The van der Waals surface area contributed by atoms with Gasteiger partial charge in [-0.25, -0.2) is 4.79 Å². The molecule has 0 saturated carbocycles. The molecule has 5 nitrogen and oxygen atoms in total. The summed E-state index contributed by atoms with van der Waals surface area (Å²) in [5, 5.41) is 11.4. The van der Waals surface area contributed by atoms with Crippen molar-refractivity contribution in [1.82, 2.24) is 0 Å². The Balaban J connectivity index is 2.13. The largest absolute Gasteiger partial charge is 0.478 e. The van der Waals surface area contributed by atoms with Gasteiger partial charge in [-0.1, -0.05) is 6.07 Å². The van der Waals surface area contributed by atoms with Crippen molar-refractivity contribution < 1.29 is 19.1 Å². The van der Waals surface area contributed by atoms with Crippen LogP contribution in [0.25, 0.3) is 0 Å². The molecule has 0 bridgehead atoms. The lowest BCUT2D eigenvalue weighted by atomic mass is 10.3. The molecule has 0 aliphatic carbocycles. The Morgan fingerprint density at radius 2 is 2.11 bits per heavy atom. The number of thioether (sulfide) groups is 1. The van der Waals surface area contributed by atoms with Gasteiger partial charge >= 0.3 is 5.97 Å². The van der Waals surface area contributed by atoms with E-state index >= 15 is 0 Å². The molecule has 0 aliphatic heterocycles. The van der Waals surface area contributed by atoms with Gasteiger partial charge in [0.1, 0.15) is 6.26 Å². The van der Waals surface area contributed by atoms with Crippen LogP contribution in [0.15, 0.2) is 45.9 Å². The number of aromatic carboxylic acids is 1. The monoisotopic (exact) mass is 277 g/mol. The molecular weight excluding hydrogens is 266 g/mol. The van der Waals surface area contributed by atoms with E-state index in [9.17, 15) is 9.59 Å². The van der Waals surface area contributed by atoms with Crippen molar-refractivity contribution in [3.63, 3.8) is 0 Å². The van der Waals surface area contributed by atoms with Crippen molar-refractivity contribution in [3.05, 3.63) is 47.9 Å². The second kappa shape index (κ2) is 5.62. The Labute approximate surface area is 113 Å². The first kappa shape index (κ1) is 13.2. The van der Waals surface area contributed by atoms with E-state index in [2.05, 4.69) is 5.32 Å². The smallest absolute Gasteiger partial charge is 0.338 e. The van der Waals surface area contributed by atoms with E-state index in [4.69, 9.17) is 9.52 Å². The van der Waals surface area contributed by atoms with Crippen molar-refractivity contribution in [2.75, 3.05) is 11.6 Å². The quantitative estimate of drug-likeness (QED) is 0.840. The van der Waals surface area contributed by atoms with Crippen molar-refractivity contribution >= 4 is 29.3 Å². The standard InChI is InChI=1S/C13H11NO4S/c1-19-10-4-2-3-9(6-10)14-12(15)11-5-8(7-18-11)13(16)17/h2-7H,1H3,(H,14,15)(H,16,17). The Hall–Kier alpha value is -2.21. The first-order valence-electron chi connectivity index (χ1n) is 5.37. The van der Waals surface area contributed by atoms with Gasteiger partial charge in [0.05, 0.1) is 5.56 Å². The normalized spacial score (nSPS) is 10.2. The molecule has 0 aliphatic rings. The highest BCUT2D eigenvalue weighted by molar-refractivity contribution is 7.98. The number of hydrogen-bond acceptors (Lipinski definition) is 4. The Bertz CT molecular complexity index is 621. The molecule has 0 spiro atoms. The predicted molar refractivity (Wildman–Crippen MR) is 71.8 cm³/mol. The summed E-state index contributed by atoms with van der Waals surface area (Å²) in [6.45, 7) is 0. The number of benzene rings is 1. The lowest BCUT2D eigenvalue weighted by molar-refractivity contribution is 0.0696. The second-order valence-corrected chi connectivity index (χ2v) is 4.57. The van der Waals surface area contributed by atoms with Crippen LogP contribution in [0.2, 0.25) is 0 Å². The number of carboxylic acid groups (broad SMARTS) is 1. The molecule has 0 saturated heterocycles. The summed E-state index contributed by atoms with van der Waals surface area (Å²) in [7, 11) is 0. The molecule has 0 atom stereocenters. The molecule has 98 valence electrons. The van der Waals surface area contributed by atoms with Gasteiger partial charge in [-0.05, 0) is 24.5 Å². The number of carbonyl (C=O) groups excluding carboxylic acids is 1. The van der Waals surface area contributed by atoms with Gasteiger partial charge in [-0.3, -0.25) is 4.79 Å². The lowest BCUT2D eigenvalue weighted by Crippen LogP contribution is -2.10. The maximum atomic E-state index is 11.8. The van der Waals surface area contributed by atoms with Gasteiger partial charge in [0, 0.05) is 16.6 Å². The zero-order chi connectivity index (χ0) is 13.8. The fourth-order valence-electron chi connectivity index (χ4n) is 1.46. The van der Waals surface area contributed by atoms with Gasteiger partial charge in [0.2, 0.25) is 0 Å². The van der Waals surface area contributed by atoms with E-state index in [-0.39, 0.29) is 11.3 Å². The lowest BCUT2D eigenvalue weighted by Gasteiger charge is -2.04. The number of nitrogens with one attached hydrogen (secondary N) is 1. The number of furan rings is 1. The van der Waals surface area contributed by atoms with Crippen LogP contribution in [0.5, 0.6) is 0 Å². The SMILES string of the molecule is CSc1cccc(NC(=O)c2cc(C(=O)O)co2)c1. The van der Waals surface area contributed by atoms with E-state index in [0.717, 1.165) is 11.2 Å². The van der Waals surface area contributed by atoms with Crippen LogP contribution in [0.4, 0.5) is 5.69 Å². The van der Waals surface area contributed by atoms with E-state index < -0.39 is 11.9 Å². The molecule has 2 N–H and O–H groups in total. The van der Waals surface area contributed by atoms with Gasteiger partial charge in [-0.2, -0.15) is 0 Å². The topological polar surface area (TPSA) is 79.5 Å². The Morgan fingerprint density at radius 3 is 2.74 bits per heavy atom. The van der Waals surface area contributed by atoms with Crippen LogP contribution in [0.3, 0.4) is 0 Å². The minimum absolute atomic E-state index is 0.0352. The number of carbonyl (C=O) groups is 2. The van der Waals surface area contributed by atoms with Crippen LogP contribution in [0, 0.1) is 0 Å². The van der Waals surface area contributed by atoms with Crippen molar-refractivity contribution in [1.29, 1.82) is 0 Å². The zero-order valence-electron chi connectivity index (χ0n) is 10.0. The van der Waals surface area contributed by atoms with E-state index in [1.54, 1.807) is 17.8 Å². The molecule has 1 aromatic carbocycles.